The molecular formula is C10H15NO5S3. The second-order valence-corrected chi connectivity index (χ2v) is 9.39. The molecule has 2 N–H and O–H groups in total. The molecule has 1 saturated heterocycles. The van der Waals surface area contributed by atoms with Crippen molar-refractivity contribution in [2.24, 2.45) is 0 Å². The third-order valence-corrected chi connectivity index (χ3v) is 7.69. The molecule has 1 aliphatic heterocycles. The van der Waals surface area contributed by atoms with Gasteiger partial charge in [0.05, 0.1) is 23.0 Å². The van der Waals surface area contributed by atoms with Crippen LogP contribution in [0.25, 0.3) is 0 Å². The van der Waals surface area contributed by atoms with E-state index >= 15 is 0 Å². The quantitative estimate of drug-likeness (QED) is 0.812. The minimum absolute atomic E-state index is 0.00959. The summed E-state index contributed by atoms with van der Waals surface area (Å²) in [4.78, 5) is 0.440. The Morgan fingerprint density at radius 2 is 2.21 bits per heavy atom. The summed E-state index contributed by atoms with van der Waals surface area (Å²) in [5, 5.41) is 10.8. The molecule has 0 aliphatic carbocycles. The highest BCUT2D eigenvalue weighted by atomic mass is 32.2. The standard InChI is InChI=1S/C10H15NO5S3/c1-7-5-17-9(4-12)10(7)19(15,16)11-8-2-3-18(13,14)6-8/h5,8,11-12H,2-4,6H2,1H3. The first-order valence-electron chi connectivity index (χ1n) is 5.66. The van der Waals surface area contributed by atoms with Gasteiger partial charge < -0.3 is 5.11 Å². The third kappa shape index (κ3) is 3.16. The first-order chi connectivity index (χ1) is 8.75. The van der Waals surface area contributed by atoms with E-state index in [1.54, 1.807) is 12.3 Å². The van der Waals surface area contributed by atoms with Crippen molar-refractivity contribution in [1.82, 2.24) is 4.72 Å². The second kappa shape index (κ2) is 5.13. The van der Waals surface area contributed by atoms with E-state index in [1.165, 1.54) is 11.3 Å². The lowest BCUT2D eigenvalue weighted by molar-refractivity contribution is 0.282. The van der Waals surface area contributed by atoms with Crippen molar-refractivity contribution >= 4 is 31.2 Å². The Hall–Kier alpha value is -0.480. The van der Waals surface area contributed by atoms with E-state index in [4.69, 9.17) is 5.11 Å². The molecule has 9 heteroatoms. The highest BCUT2D eigenvalue weighted by Crippen LogP contribution is 2.27. The summed E-state index contributed by atoms with van der Waals surface area (Å²) in [6.45, 7) is 1.30. The number of aliphatic hydroxyl groups is 1. The molecule has 1 fully saturated rings. The summed E-state index contributed by atoms with van der Waals surface area (Å²) in [5.74, 6) is -0.153. The van der Waals surface area contributed by atoms with Gasteiger partial charge in [0, 0.05) is 6.04 Å². The predicted octanol–water partition coefficient (Wildman–Crippen LogP) is 0.0142. The molecule has 1 aliphatic rings. The van der Waals surface area contributed by atoms with Crippen molar-refractivity contribution < 1.29 is 21.9 Å². The molecule has 0 amide bonds. The van der Waals surface area contributed by atoms with E-state index in [1.807, 2.05) is 0 Å². The first kappa shape index (κ1) is 14.9. The maximum atomic E-state index is 12.3. The van der Waals surface area contributed by atoms with Gasteiger partial charge >= 0.3 is 0 Å². The van der Waals surface area contributed by atoms with Crippen LogP contribution in [0, 0.1) is 6.92 Å². The van der Waals surface area contributed by atoms with Crippen LogP contribution in [0.1, 0.15) is 16.9 Å². The molecule has 6 nitrogen and oxygen atoms in total. The van der Waals surface area contributed by atoms with Gasteiger partial charge in [0.2, 0.25) is 10.0 Å². The number of aryl methyl sites for hydroxylation is 1. The molecule has 1 unspecified atom stereocenters. The van der Waals surface area contributed by atoms with Crippen LogP contribution in [-0.4, -0.2) is 39.5 Å². The zero-order valence-electron chi connectivity index (χ0n) is 10.3. The summed E-state index contributed by atoms with van der Waals surface area (Å²) in [6.07, 6.45) is 0.291. The minimum Gasteiger partial charge on any atom is -0.391 e. The Bertz CT molecular complexity index is 674. The predicted molar refractivity (Wildman–Crippen MR) is 72.4 cm³/mol. The van der Waals surface area contributed by atoms with E-state index in [9.17, 15) is 16.8 Å². The number of nitrogens with one attached hydrogen (secondary N) is 1. The van der Waals surface area contributed by atoms with Gasteiger partial charge in [0.25, 0.3) is 0 Å². The Balaban J connectivity index is 2.26. The first-order valence-corrected chi connectivity index (χ1v) is 9.84. The molecule has 1 atom stereocenters. The van der Waals surface area contributed by atoms with Crippen LogP contribution in [0.3, 0.4) is 0 Å². The summed E-state index contributed by atoms with van der Waals surface area (Å²) in [6, 6.07) is -0.583. The Morgan fingerprint density at radius 1 is 1.53 bits per heavy atom. The average molecular weight is 325 g/mol. The Kier molecular flexibility index (Phi) is 4.03. The Labute approximate surface area is 116 Å². The summed E-state index contributed by atoms with van der Waals surface area (Å²) >= 11 is 1.17. The van der Waals surface area contributed by atoms with Crippen LogP contribution in [0.5, 0.6) is 0 Å². The zero-order chi connectivity index (χ0) is 14.3. The smallest absolute Gasteiger partial charge is 0.242 e. The number of thiophene rings is 1. The fourth-order valence-corrected chi connectivity index (χ4v) is 6.83. The normalized spacial score (nSPS) is 22.7. The van der Waals surface area contributed by atoms with Gasteiger partial charge in [0.15, 0.2) is 9.84 Å². The van der Waals surface area contributed by atoms with Crippen LogP contribution >= 0.6 is 11.3 Å². The van der Waals surface area contributed by atoms with E-state index in [0.717, 1.165) is 0 Å². The SMILES string of the molecule is Cc1csc(CO)c1S(=O)(=O)NC1CCS(=O)(=O)C1. The van der Waals surface area contributed by atoms with Crippen LogP contribution < -0.4 is 4.72 Å². The number of hydrogen-bond acceptors (Lipinski definition) is 6. The Morgan fingerprint density at radius 3 is 2.74 bits per heavy atom. The van der Waals surface area contributed by atoms with E-state index in [2.05, 4.69) is 4.72 Å². The average Bonchev–Trinajstić information content (AvgIpc) is 2.81. The fraction of sp³-hybridized carbons (Fsp3) is 0.600. The van der Waals surface area contributed by atoms with Gasteiger partial charge in [-0.2, -0.15) is 0 Å². The van der Waals surface area contributed by atoms with Gasteiger partial charge in [-0.3, -0.25) is 0 Å². The van der Waals surface area contributed by atoms with Gasteiger partial charge in [-0.15, -0.1) is 11.3 Å². The van der Waals surface area contributed by atoms with Crippen molar-refractivity contribution in [2.45, 2.75) is 30.9 Å². The number of aliphatic hydroxyl groups excluding tert-OH is 1. The summed E-state index contributed by atoms with van der Waals surface area (Å²) < 4.78 is 49.6. The molecule has 0 radical (unpaired) electrons. The van der Waals surface area contributed by atoms with Crippen molar-refractivity contribution in [2.75, 3.05) is 11.5 Å². The molecule has 108 valence electrons. The summed E-state index contributed by atoms with van der Waals surface area (Å²) in [5.41, 5.74) is 0.558. The van der Waals surface area contributed by atoms with Gasteiger partial charge in [-0.1, -0.05) is 0 Å². The van der Waals surface area contributed by atoms with Crippen molar-refractivity contribution in [3.8, 4) is 0 Å². The maximum absolute atomic E-state index is 12.3. The topological polar surface area (TPSA) is 101 Å². The maximum Gasteiger partial charge on any atom is 0.242 e. The lowest BCUT2D eigenvalue weighted by atomic mass is 10.3. The molecule has 1 aromatic rings. The molecule has 0 bridgehead atoms. The number of sulfonamides is 1. The largest absolute Gasteiger partial charge is 0.391 e. The molecular weight excluding hydrogens is 310 g/mol. The lowest BCUT2D eigenvalue weighted by Crippen LogP contribution is -2.36. The molecule has 2 rings (SSSR count). The molecule has 19 heavy (non-hydrogen) atoms. The van der Waals surface area contributed by atoms with Gasteiger partial charge in [-0.05, 0) is 24.3 Å². The van der Waals surface area contributed by atoms with Crippen LogP contribution in [0.15, 0.2) is 10.3 Å². The second-order valence-electron chi connectivity index (χ2n) is 4.55. The summed E-state index contributed by atoms with van der Waals surface area (Å²) in [7, 11) is -6.92. The zero-order valence-corrected chi connectivity index (χ0v) is 12.7. The van der Waals surface area contributed by atoms with Gasteiger partial charge in [-0.25, -0.2) is 21.6 Å². The number of rotatable bonds is 4. The molecule has 2 heterocycles. The monoisotopic (exact) mass is 325 g/mol. The molecule has 1 aromatic heterocycles. The van der Waals surface area contributed by atoms with E-state index < -0.39 is 25.9 Å². The number of sulfone groups is 1. The van der Waals surface area contributed by atoms with Crippen LogP contribution in [-0.2, 0) is 26.5 Å². The van der Waals surface area contributed by atoms with E-state index in [-0.39, 0.29) is 23.0 Å². The lowest BCUT2D eigenvalue weighted by Gasteiger charge is -2.12. The molecule has 0 spiro atoms. The van der Waals surface area contributed by atoms with Crippen LogP contribution in [0.2, 0.25) is 0 Å². The van der Waals surface area contributed by atoms with E-state index in [0.29, 0.717) is 16.9 Å². The van der Waals surface area contributed by atoms with Crippen molar-refractivity contribution in [3.05, 3.63) is 15.8 Å². The fourth-order valence-electron chi connectivity index (χ4n) is 2.12. The highest BCUT2D eigenvalue weighted by molar-refractivity contribution is 7.92. The third-order valence-electron chi connectivity index (χ3n) is 2.96. The van der Waals surface area contributed by atoms with Gasteiger partial charge in [0.1, 0.15) is 4.90 Å². The van der Waals surface area contributed by atoms with Crippen molar-refractivity contribution in [3.63, 3.8) is 0 Å². The minimum atomic E-state index is -3.79. The molecule has 0 saturated carbocycles. The van der Waals surface area contributed by atoms with Crippen molar-refractivity contribution in [1.29, 1.82) is 0 Å². The molecule has 0 aromatic carbocycles. The van der Waals surface area contributed by atoms with Crippen LogP contribution in [0.4, 0.5) is 0 Å². The highest BCUT2D eigenvalue weighted by Gasteiger charge is 2.33. The number of hydrogen-bond donors (Lipinski definition) is 2.